The first-order valence-corrected chi connectivity index (χ1v) is 5.59. The molecule has 0 heterocycles. The fourth-order valence-electron chi connectivity index (χ4n) is 1.33. The Bertz CT molecular complexity index is 381. The molecule has 0 aliphatic carbocycles. The van der Waals surface area contributed by atoms with Crippen molar-refractivity contribution < 1.29 is 54.9 Å². The lowest BCUT2D eigenvalue weighted by Crippen LogP contribution is -2.51. The number of aliphatic hydroxyl groups is 4. The van der Waals surface area contributed by atoms with Gasteiger partial charge in [0.1, 0.15) is 18.3 Å². The van der Waals surface area contributed by atoms with Gasteiger partial charge >= 0.3 is 17.9 Å². The van der Waals surface area contributed by atoms with Crippen molar-refractivity contribution in [2.75, 3.05) is 6.61 Å². The molecule has 21 heavy (non-hydrogen) atoms. The summed E-state index contributed by atoms with van der Waals surface area (Å²) in [5.41, 5.74) is 0. The van der Waals surface area contributed by atoms with Gasteiger partial charge in [-0.2, -0.15) is 0 Å². The molecule has 0 aliphatic heterocycles. The molecule has 0 saturated carbocycles. The molecule has 0 fully saturated rings. The van der Waals surface area contributed by atoms with E-state index in [0.29, 0.717) is 0 Å². The molecular formula is C10H16O11. The SMILES string of the molecule is O=C(O)CC(O[C@@H](C(=O)O)[C@@H](O)[C@H](O)[C@H](O)CO)C(=O)O. The van der Waals surface area contributed by atoms with E-state index in [2.05, 4.69) is 4.74 Å². The predicted molar refractivity (Wildman–Crippen MR) is 61.3 cm³/mol. The lowest BCUT2D eigenvalue weighted by Gasteiger charge is -2.27. The van der Waals surface area contributed by atoms with Gasteiger partial charge in [-0.05, 0) is 0 Å². The first kappa shape index (κ1) is 19.2. The van der Waals surface area contributed by atoms with E-state index in [0.717, 1.165) is 0 Å². The molecule has 0 aromatic heterocycles. The van der Waals surface area contributed by atoms with E-state index in [9.17, 15) is 24.6 Å². The summed E-state index contributed by atoms with van der Waals surface area (Å²) in [6.07, 6.45) is -11.8. The van der Waals surface area contributed by atoms with Crippen LogP contribution in [0.25, 0.3) is 0 Å². The van der Waals surface area contributed by atoms with Gasteiger partial charge in [-0.1, -0.05) is 0 Å². The number of carboxylic acid groups (broad SMARTS) is 3. The smallest absolute Gasteiger partial charge is 0.335 e. The molecule has 11 nitrogen and oxygen atoms in total. The van der Waals surface area contributed by atoms with Crippen molar-refractivity contribution in [3.8, 4) is 0 Å². The van der Waals surface area contributed by atoms with Crippen molar-refractivity contribution in [2.24, 2.45) is 0 Å². The number of aliphatic carboxylic acids is 3. The zero-order valence-corrected chi connectivity index (χ0v) is 10.6. The summed E-state index contributed by atoms with van der Waals surface area (Å²) in [4.78, 5) is 32.1. The number of aliphatic hydroxyl groups excluding tert-OH is 4. The van der Waals surface area contributed by atoms with Gasteiger partial charge in [0.05, 0.1) is 13.0 Å². The van der Waals surface area contributed by atoms with Gasteiger partial charge in [0.2, 0.25) is 0 Å². The van der Waals surface area contributed by atoms with Crippen LogP contribution in [-0.2, 0) is 19.1 Å². The Hall–Kier alpha value is -1.79. The van der Waals surface area contributed by atoms with Crippen LogP contribution in [0, 0.1) is 0 Å². The molecule has 0 aliphatic rings. The number of ether oxygens (including phenoxy) is 1. The Labute approximate surface area is 117 Å². The topological polar surface area (TPSA) is 202 Å². The highest BCUT2D eigenvalue weighted by atomic mass is 16.6. The minimum Gasteiger partial charge on any atom is -0.481 e. The van der Waals surface area contributed by atoms with E-state index in [1.54, 1.807) is 0 Å². The summed E-state index contributed by atoms with van der Waals surface area (Å²) in [5, 5.41) is 62.6. The largest absolute Gasteiger partial charge is 0.481 e. The molecule has 0 rings (SSSR count). The number of hydrogen-bond acceptors (Lipinski definition) is 8. The third-order valence-corrected chi connectivity index (χ3v) is 2.43. The van der Waals surface area contributed by atoms with Gasteiger partial charge in [-0.25, -0.2) is 9.59 Å². The van der Waals surface area contributed by atoms with Crippen molar-refractivity contribution in [1.82, 2.24) is 0 Å². The van der Waals surface area contributed by atoms with Crippen molar-refractivity contribution in [1.29, 1.82) is 0 Å². The molecular weight excluding hydrogens is 296 g/mol. The first-order valence-electron chi connectivity index (χ1n) is 5.59. The Morgan fingerprint density at radius 3 is 1.76 bits per heavy atom. The second kappa shape index (κ2) is 8.49. The molecule has 0 saturated heterocycles. The molecule has 0 aromatic rings. The summed E-state index contributed by atoms with van der Waals surface area (Å²) >= 11 is 0. The maximum atomic E-state index is 10.9. The zero-order chi connectivity index (χ0) is 16.7. The fourth-order valence-corrected chi connectivity index (χ4v) is 1.33. The van der Waals surface area contributed by atoms with Crippen LogP contribution in [-0.4, -0.2) is 90.8 Å². The van der Waals surface area contributed by atoms with Crippen molar-refractivity contribution in [3.63, 3.8) is 0 Å². The second-order valence-corrected chi connectivity index (χ2v) is 4.05. The monoisotopic (exact) mass is 312 g/mol. The maximum Gasteiger partial charge on any atom is 0.335 e. The molecule has 0 radical (unpaired) electrons. The van der Waals surface area contributed by atoms with Crippen molar-refractivity contribution in [2.45, 2.75) is 36.9 Å². The maximum absolute atomic E-state index is 10.9. The molecule has 122 valence electrons. The number of carboxylic acids is 3. The molecule has 0 bridgehead atoms. The van der Waals surface area contributed by atoms with E-state index >= 15 is 0 Å². The van der Waals surface area contributed by atoms with Crippen molar-refractivity contribution >= 4 is 17.9 Å². The normalized spacial score (nSPS) is 18.3. The molecule has 0 amide bonds. The average molecular weight is 312 g/mol. The van der Waals surface area contributed by atoms with Gasteiger partial charge in [-0.3, -0.25) is 4.79 Å². The quantitative estimate of drug-likeness (QED) is 0.210. The predicted octanol–water partition coefficient (Wildman–Crippen LogP) is -3.54. The second-order valence-electron chi connectivity index (χ2n) is 4.05. The molecule has 0 aromatic carbocycles. The lowest BCUT2D eigenvalue weighted by molar-refractivity contribution is -0.189. The van der Waals surface area contributed by atoms with Crippen LogP contribution in [0.5, 0.6) is 0 Å². The molecule has 7 N–H and O–H groups in total. The number of carbonyl (C=O) groups is 3. The average Bonchev–Trinajstić information content (AvgIpc) is 2.39. The Morgan fingerprint density at radius 1 is 0.905 bits per heavy atom. The summed E-state index contributed by atoms with van der Waals surface area (Å²) in [5.74, 6) is -5.26. The van der Waals surface area contributed by atoms with Crippen molar-refractivity contribution in [3.05, 3.63) is 0 Å². The van der Waals surface area contributed by atoms with Crippen LogP contribution in [0.2, 0.25) is 0 Å². The molecule has 5 atom stereocenters. The van der Waals surface area contributed by atoms with Gasteiger partial charge in [-0.15, -0.1) is 0 Å². The third-order valence-electron chi connectivity index (χ3n) is 2.43. The van der Waals surface area contributed by atoms with Gasteiger partial charge in [0, 0.05) is 0 Å². The van der Waals surface area contributed by atoms with Crippen LogP contribution in [0.4, 0.5) is 0 Å². The van der Waals surface area contributed by atoms with E-state index in [-0.39, 0.29) is 0 Å². The van der Waals surface area contributed by atoms with Crippen LogP contribution in [0.15, 0.2) is 0 Å². The summed E-state index contributed by atoms with van der Waals surface area (Å²) in [6.45, 7) is -0.998. The number of rotatable bonds is 10. The highest BCUT2D eigenvalue weighted by molar-refractivity contribution is 5.80. The highest BCUT2D eigenvalue weighted by Crippen LogP contribution is 2.13. The molecule has 0 spiro atoms. The Kier molecular flexibility index (Phi) is 7.76. The van der Waals surface area contributed by atoms with Crippen LogP contribution in [0.1, 0.15) is 6.42 Å². The van der Waals surface area contributed by atoms with Gasteiger partial charge in [0.15, 0.2) is 12.2 Å². The van der Waals surface area contributed by atoms with Gasteiger partial charge in [0.25, 0.3) is 0 Å². The Balaban J connectivity index is 5.08. The number of hydrogen-bond donors (Lipinski definition) is 7. The van der Waals surface area contributed by atoms with E-state index in [1.807, 2.05) is 0 Å². The van der Waals surface area contributed by atoms with Gasteiger partial charge < -0.3 is 40.5 Å². The Morgan fingerprint density at radius 2 is 1.43 bits per heavy atom. The van der Waals surface area contributed by atoms with Crippen LogP contribution >= 0.6 is 0 Å². The minimum absolute atomic E-state index is 0.998. The first-order chi connectivity index (χ1) is 9.61. The minimum atomic E-state index is -2.32. The third kappa shape index (κ3) is 6.01. The van der Waals surface area contributed by atoms with E-state index < -0.39 is 61.5 Å². The lowest BCUT2D eigenvalue weighted by atomic mass is 10.0. The fraction of sp³-hybridized carbons (Fsp3) is 0.700. The summed E-state index contributed by atoms with van der Waals surface area (Å²) < 4.78 is 4.48. The summed E-state index contributed by atoms with van der Waals surface area (Å²) in [6, 6.07) is 0. The van der Waals surface area contributed by atoms with Crippen LogP contribution in [0.3, 0.4) is 0 Å². The molecule has 1 unspecified atom stereocenters. The highest BCUT2D eigenvalue weighted by Gasteiger charge is 2.39. The summed E-state index contributed by atoms with van der Waals surface area (Å²) in [7, 11) is 0. The van der Waals surface area contributed by atoms with E-state index in [1.165, 1.54) is 0 Å². The standard InChI is InChI=1S/C10H16O11/c11-2-3(12)6(15)7(16)8(10(19)20)21-4(9(17)18)1-5(13)14/h3-4,6-8,11-12,15-16H,1-2H2,(H,13,14)(H,17,18)(H,19,20)/t3-,4?,6-,7+,8-/m1/s1. The molecule has 11 heteroatoms. The zero-order valence-electron chi connectivity index (χ0n) is 10.6. The van der Waals surface area contributed by atoms with Crippen LogP contribution < -0.4 is 0 Å². The van der Waals surface area contributed by atoms with E-state index in [4.69, 9.17) is 25.5 Å².